The molecule has 0 saturated carbocycles. The Morgan fingerprint density at radius 2 is 0.750 bits per heavy atom. The summed E-state index contributed by atoms with van der Waals surface area (Å²) in [6.07, 6.45) is 3.70. The fourth-order valence-corrected chi connectivity index (χ4v) is 16.6. The van der Waals surface area contributed by atoms with Crippen molar-refractivity contribution in [2.24, 2.45) is 0 Å². The summed E-state index contributed by atoms with van der Waals surface area (Å²) in [6.45, 7) is 6.88. The average molecular weight is 1280 g/mol. The van der Waals surface area contributed by atoms with Crippen molar-refractivity contribution in [3.05, 3.63) is 390 Å². The Balaban J connectivity index is 0.000000139. The molecule has 2 aliphatic heterocycles. The molecule has 16 aromatic rings. The fraction of sp³-hybridized carbons (Fsp3) is 0.0632. The topological polar surface area (TPSA) is 55.4 Å². The SMILES string of the molecule is CC(C)(C)c1ccc2c(c1)-c1ccccc1C21c2ccccc2Oc2ccc(Nc3cccc4cc(-c5cccc6ccccc56)ccc34)cc21.c1ccc(-c2ccc3cc(Nc4ccc5c(c4)C4(c6cc(-c7ccncc7)ccc6O5)c5ccccc5-c5ccccc54)ccc3c2)cc1. The second-order valence-electron chi connectivity index (χ2n) is 27.9. The van der Waals surface area contributed by atoms with Gasteiger partial charge in [-0.05, 0) is 213 Å². The number of para-hydroxylation sites is 1. The van der Waals surface area contributed by atoms with Gasteiger partial charge in [0.1, 0.15) is 23.0 Å². The van der Waals surface area contributed by atoms with Crippen molar-refractivity contribution in [3.8, 4) is 78.6 Å². The minimum Gasteiger partial charge on any atom is -0.457 e. The van der Waals surface area contributed by atoms with Crippen LogP contribution in [0.2, 0.25) is 0 Å². The Hall–Kier alpha value is -12.6. The van der Waals surface area contributed by atoms with E-state index in [-0.39, 0.29) is 5.41 Å². The molecule has 1 aromatic heterocycles. The second kappa shape index (κ2) is 23.0. The van der Waals surface area contributed by atoms with Gasteiger partial charge in [0.25, 0.3) is 0 Å². The van der Waals surface area contributed by atoms with Gasteiger partial charge in [-0.2, -0.15) is 0 Å². The Morgan fingerprint density at radius 3 is 1.48 bits per heavy atom. The molecule has 20 rings (SSSR count). The number of anilines is 4. The lowest BCUT2D eigenvalue weighted by atomic mass is 9.65. The number of ether oxygens (including phenoxy) is 2. The van der Waals surface area contributed by atoms with Crippen LogP contribution in [0.1, 0.15) is 70.8 Å². The van der Waals surface area contributed by atoms with Crippen LogP contribution in [0.15, 0.2) is 340 Å². The minimum absolute atomic E-state index is 0.0381. The Bertz CT molecular complexity index is 5940. The summed E-state index contributed by atoms with van der Waals surface area (Å²) >= 11 is 0. The lowest BCUT2D eigenvalue weighted by Crippen LogP contribution is -2.32. The average Bonchev–Trinajstić information content (AvgIpc) is 1.48. The predicted octanol–water partition coefficient (Wildman–Crippen LogP) is 25.0. The fourth-order valence-electron chi connectivity index (χ4n) is 16.6. The number of nitrogens with zero attached hydrogens (tertiary/aromatic N) is 1. The molecule has 5 heteroatoms. The van der Waals surface area contributed by atoms with Gasteiger partial charge in [0.05, 0.1) is 10.8 Å². The molecule has 0 fully saturated rings. The van der Waals surface area contributed by atoms with Crippen LogP contribution in [0.25, 0.3) is 88.0 Å². The summed E-state index contributed by atoms with van der Waals surface area (Å²) in [6, 6.07) is 119. The van der Waals surface area contributed by atoms with Gasteiger partial charge < -0.3 is 20.1 Å². The Labute approximate surface area is 582 Å². The molecule has 474 valence electrons. The zero-order valence-corrected chi connectivity index (χ0v) is 55.6. The minimum atomic E-state index is -0.561. The standard InChI is InChI=1S/C49H37NO.C46H30N2O/c1-48(2,3)34-23-26-42-40(29-34)39-16-6-7-18-41(39)49(42)43-19-8-9-21-46(43)51-47-27-24-35(30-44(47)49)50-45-20-11-14-32-28-33(22-25-38(32)45)37-17-10-13-31-12-4-5-15-36(31)37;1-2-8-30(9-3-1)32-14-15-34-27-36(18-16-33(34)26-32)48-37-19-21-45-43(29-37)46(40-12-6-4-10-38(40)39-11-5-7-13-41(39)46)42-28-35(17-20-44(42)49-45)31-22-24-47-25-23-31/h4-30,50H,1-3H3;1-29,48H. The maximum atomic E-state index is 6.76. The normalized spacial score (nSPS) is 14.4. The van der Waals surface area contributed by atoms with Crippen LogP contribution in [-0.4, -0.2) is 4.98 Å². The largest absolute Gasteiger partial charge is 0.457 e. The number of aromatic nitrogens is 1. The van der Waals surface area contributed by atoms with Gasteiger partial charge in [0, 0.05) is 62.8 Å². The van der Waals surface area contributed by atoms with Crippen molar-refractivity contribution < 1.29 is 9.47 Å². The smallest absolute Gasteiger partial charge is 0.132 e. The van der Waals surface area contributed by atoms with Gasteiger partial charge in [0.2, 0.25) is 0 Å². The molecule has 15 aromatic carbocycles. The summed E-state index contributed by atoms with van der Waals surface area (Å²) in [4.78, 5) is 4.26. The highest BCUT2D eigenvalue weighted by Gasteiger charge is 2.53. The van der Waals surface area contributed by atoms with Gasteiger partial charge in [0.15, 0.2) is 0 Å². The van der Waals surface area contributed by atoms with Crippen LogP contribution in [0.3, 0.4) is 0 Å². The van der Waals surface area contributed by atoms with E-state index in [9.17, 15) is 0 Å². The van der Waals surface area contributed by atoms with E-state index in [1.165, 1.54) is 110 Å². The molecule has 0 amide bonds. The van der Waals surface area contributed by atoms with Crippen LogP contribution in [0, 0.1) is 0 Å². The van der Waals surface area contributed by atoms with E-state index in [1.54, 1.807) is 0 Å². The van der Waals surface area contributed by atoms with Crippen molar-refractivity contribution in [3.63, 3.8) is 0 Å². The van der Waals surface area contributed by atoms with Gasteiger partial charge in [-0.1, -0.05) is 251 Å². The molecule has 0 radical (unpaired) electrons. The number of hydrogen-bond donors (Lipinski definition) is 2. The first-order chi connectivity index (χ1) is 49.1. The first-order valence-corrected chi connectivity index (χ1v) is 34.5. The Morgan fingerprint density at radius 1 is 0.270 bits per heavy atom. The van der Waals surface area contributed by atoms with E-state index in [2.05, 4.69) is 364 Å². The van der Waals surface area contributed by atoms with Crippen molar-refractivity contribution >= 4 is 55.1 Å². The molecule has 0 saturated heterocycles. The van der Waals surface area contributed by atoms with Gasteiger partial charge in [-0.3, -0.25) is 4.98 Å². The lowest BCUT2D eigenvalue weighted by Gasteiger charge is -2.40. The van der Waals surface area contributed by atoms with Crippen LogP contribution in [0.4, 0.5) is 22.7 Å². The molecule has 1 atom stereocenters. The number of benzene rings is 15. The molecule has 1 unspecified atom stereocenters. The predicted molar refractivity (Wildman–Crippen MR) is 412 cm³/mol. The number of hydrogen-bond acceptors (Lipinski definition) is 5. The monoisotopic (exact) mass is 1280 g/mol. The van der Waals surface area contributed by atoms with E-state index in [0.29, 0.717) is 0 Å². The summed E-state index contributed by atoms with van der Waals surface area (Å²) < 4.78 is 13.5. The molecule has 2 spiro atoms. The van der Waals surface area contributed by atoms with Crippen molar-refractivity contribution in [1.82, 2.24) is 4.98 Å². The van der Waals surface area contributed by atoms with Crippen molar-refractivity contribution in [1.29, 1.82) is 0 Å². The van der Waals surface area contributed by atoms with Gasteiger partial charge in [-0.15, -0.1) is 0 Å². The van der Waals surface area contributed by atoms with Crippen LogP contribution in [0.5, 0.6) is 23.0 Å². The summed E-state index contributed by atoms with van der Waals surface area (Å²) in [5.41, 5.74) is 26.5. The molecule has 0 bridgehead atoms. The van der Waals surface area contributed by atoms with E-state index in [0.717, 1.165) is 73.6 Å². The number of rotatable bonds is 7. The van der Waals surface area contributed by atoms with Crippen molar-refractivity contribution in [2.75, 3.05) is 10.6 Å². The van der Waals surface area contributed by atoms with Gasteiger partial charge in [-0.25, -0.2) is 0 Å². The third-order valence-corrected chi connectivity index (χ3v) is 21.3. The van der Waals surface area contributed by atoms with Gasteiger partial charge >= 0.3 is 0 Å². The van der Waals surface area contributed by atoms with E-state index in [1.807, 2.05) is 12.4 Å². The van der Waals surface area contributed by atoms with E-state index in [4.69, 9.17) is 9.47 Å². The summed E-state index contributed by atoms with van der Waals surface area (Å²) in [5, 5.41) is 14.9. The number of fused-ring (bicyclic) bond motifs is 21. The molecule has 4 aliphatic rings. The maximum absolute atomic E-state index is 6.76. The van der Waals surface area contributed by atoms with Crippen molar-refractivity contribution in [2.45, 2.75) is 37.0 Å². The molecular formula is C95H67N3O2. The highest BCUT2D eigenvalue weighted by atomic mass is 16.5. The van der Waals surface area contributed by atoms with Crippen LogP contribution >= 0.6 is 0 Å². The molecule has 100 heavy (non-hydrogen) atoms. The lowest BCUT2D eigenvalue weighted by molar-refractivity contribution is 0.436. The molecule has 3 heterocycles. The third kappa shape index (κ3) is 9.33. The molecule has 2 N–H and O–H groups in total. The zero-order chi connectivity index (χ0) is 66.7. The first kappa shape index (κ1) is 58.8. The van der Waals surface area contributed by atoms with Crippen LogP contribution < -0.4 is 20.1 Å². The maximum Gasteiger partial charge on any atom is 0.132 e. The molecule has 5 nitrogen and oxygen atoms in total. The summed E-state index contributed by atoms with van der Waals surface area (Å²) in [5.74, 6) is 3.54. The first-order valence-electron chi connectivity index (χ1n) is 34.5. The van der Waals surface area contributed by atoms with E-state index < -0.39 is 10.8 Å². The third-order valence-electron chi connectivity index (χ3n) is 21.3. The van der Waals surface area contributed by atoms with E-state index >= 15 is 0 Å². The second-order valence-corrected chi connectivity index (χ2v) is 27.9. The number of nitrogens with one attached hydrogen (secondary N) is 2. The molecular weight excluding hydrogens is 1220 g/mol. The summed E-state index contributed by atoms with van der Waals surface area (Å²) in [7, 11) is 0. The van der Waals surface area contributed by atoms with Crippen LogP contribution in [-0.2, 0) is 16.2 Å². The molecule has 2 aliphatic carbocycles. The quantitative estimate of drug-likeness (QED) is 0.167. The Kier molecular flexibility index (Phi) is 13.5. The highest BCUT2D eigenvalue weighted by molar-refractivity contribution is 6.03. The zero-order valence-electron chi connectivity index (χ0n) is 55.6. The number of pyridine rings is 1. The highest BCUT2D eigenvalue weighted by Crippen LogP contribution is 2.65.